The Balaban J connectivity index is 1.76. The van der Waals surface area contributed by atoms with Gasteiger partial charge in [0.05, 0.1) is 21.0 Å². The summed E-state index contributed by atoms with van der Waals surface area (Å²) in [4.78, 5) is 6.90. The number of piperazine rings is 1. The fourth-order valence-corrected chi connectivity index (χ4v) is 4.67. The Labute approximate surface area is 157 Å². The molecule has 4 rings (SSSR count). The minimum absolute atomic E-state index is 0.0529. The summed E-state index contributed by atoms with van der Waals surface area (Å²) in [6, 6.07) is 12.6. The number of nitrogens with one attached hydrogen (secondary N) is 1. The van der Waals surface area contributed by atoms with Gasteiger partial charge >= 0.3 is 0 Å². The number of para-hydroxylation sites is 1. The summed E-state index contributed by atoms with van der Waals surface area (Å²) in [5.74, 6) is -0.472. The molecule has 27 heavy (non-hydrogen) atoms. The monoisotopic (exact) mass is 385 g/mol. The van der Waals surface area contributed by atoms with E-state index in [-0.39, 0.29) is 9.79 Å². The van der Waals surface area contributed by atoms with Crippen molar-refractivity contribution in [1.82, 2.24) is 10.3 Å². The van der Waals surface area contributed by atoms with Crippen LogP contribution in [0.5, 0.6) is 0 Å². The Hall–Kier alpha value is -2.51. The van der Waals surface area contributed by atoms with Crippen molar-refractivity contribution in [2.45, 2.75) is 22.8 Å². The average molecular weight is 385 g/mol. The quantitative estimate of drug-likeness (QED) is 0.703. The van der Waals surface area contributed by atoms with E-state index in [4.69, 9.17) is 0 Å². The SMILES string of the molecule is CC1CN(c2cccc3cc(S(=O)(=O)c4ccc(F)cc4)cnc23)CCN1. The molecule has 0 radical (unpaired) electrons. The van der Waals surface area contributed by atoms with E-state index in [1.165, 1.54) is 18.3 Å². The van der Waals surface area contributed by atoms with E-state index >= 15 is 0 Å². The molecule has 1 atom stereocenters. The number of fused-ring (bicyclic) bond motifs is 1. The Morgan fingerprint density at radius 2 is 1.93 bits per heavy atom. The zero-order chi connectivity index (χ0) is 19.0. The van der Waals surface area contributed by atoms with Crippen LogP contribution in [0.4, 0.5) is 10.1 Å². The molecule has 1 aliphatic heterocycles. The fourth-order valence-electron chi connectivity index (χ4n) is 3.43. The van der Waals surface area contributed by atoms with E-state index in [0.717, 1.165) is 48.4 Å². The summed E-state index contributed by atoms with van der Waals surface area (Å²) < 4.78 is 38.8. The summed E-state index contributed by atoms with van der Waals surface area (Å²) in [6.07, 6.45) is 1.39. The van der Waals surface area contributed by atoms with E-state index in [1.54, 1.807) is 6.07 Å². The topological polar surface area (TPSA) is 62.3 Å². The largest absolute Gasteiger partial charge is 0.367 e. The van der Waals surface area contributed by atoms with Crippen LogP contribution < -0.4 is 10.2 Å². The van der Waals surface area contributed by atoms with Crippen LogP contribution in [0.1, 0.15) is 6.92 Å². The number of nitrogens with zero attached hydrogens (tertiary/aromatic N) is 2. The van der Waals surface area contributed by atoms with Gasteiger partial charge in [0.1, 0.15) is 5.82 Å². The molecule has 7 heteroatoms. The molecule has 1 aliphatic rings. The van der Waals surface area contributed by atoms with Gasteiger partial charge in [0.2, 0.25) is 9.84 Å². The molecule has 5 nitrogen and oxygen atoms in total. The lowest BCUT2D eigenvalue weighted by molar-refractivity contribution is 0.485. The van der Waals surface area contributed by atoms with Gasteiger partial charge in [-0.15, -0.1) is 0 Å². The second-order valence-electron chi connectivity index (χ2n) is 6.78. The third-order valence-corrected chi connectivity index (χ3v) is 6.54. The second-order valence-corrected chi connectivity index (χ2v) is 8.73. The summed E-state index contributed by atoms with van der Waals surface area (Å²) in [5, 5.41) is 4.18. The van der Waals surface area contributed by atoms with Gasteiger partial charge in [-0.25, -0.2) is 12.8 Å². The van der Waals surface area contributed by atoms with Crippen LogP contribution >= 0.6 is 0 Å². The fraction of sp³-hybridized carbons (Fsp3) is 0.250. The number of benzene rings is 2. The van der Waals surface area contributed by atoms with Gasteiger partial charge in [0.15, 0.2) is 0 Å². The van der Waals surface area contributed by atoms with E-state index in [1.807, 2.05) is 18.2 Å². The predicted molar refractivity (Wildman–Crippen MR) is 103 cm³/mol. The van der Waals surface area contributed by atoms with Crippen LogP contribution in [-0.4, -0.2) is 39.1 Å². The van der Waals surface area contributed by atoms with E-state index in [0.29, 0.717) is 6.04 Å². The highest BCUT2D eigenvalue weighted by molar-refractivity contribution is 7.91. The van der Waals surface area contributed by atoms with Gasteiger partial charge < -0.3 is 10.2 Å². The lowest BCUT2D eigenvalue weighted by Crippen LogP contribution is -2.49. The molecule has 0 saturated carbocycles. The molecule has 0 amide bonds. The first-order valence-corrected chi connectivity index (χ1v) is 10.3. The van der Waals surface area contributed by atoms with Gasteiger partial charge in [0, 0.05) is 37.3 Å². The molecule has 1 N–H and O–H groups in total. The highest BCUT2D eigenvalue weighted by atomic mass is 32.2. The average Bonchev–Trinajstić information content (AvgIpc) is 2.67. The number of hydrogen-bond donors (Lipinski definition) is 1. The molecule has 2 aromatic carbocycles. The van der Waals surface area contributed by atoms with Crippen molar-refractivity contribution >= 4 is 26.4 Å². The van der Waals surface area contributed by atoms with Crippen LogP contribution in [0.2, 0.25) is 0 Å². The molecule has 1 saturated heterocycles. The van der Waals surface area contributed by atoms with E-state index in [9.17, 15) is 12.8 Å². The smallest absolute Gasteiger partial charge is 0.208 e. The van der Waals surface area contributed by atoms with Gasteiger partial charge in [-0.2, -0.15) is 0 Å². The van der Waals surface area contributed by atoms with Crippen molar-refractivity contribution in [3.8, 4) is 0 Å². The van der Waals surface area contributed by atoms with Crippen molar-refractivity contribution < 1.29 is 12.8 Å². The molecule has 1 fully saturated rings. The molecular weight excluding hydrogens is 365 g/mol. The summed E-state index contributed by atoms with van der Waals surface area (Å²) in [5.41, 5.74) is 1.79. The maximum absolute atomic E-state index is 13.1. The van der Waals surface area contributed by atoms with Crippen molar-refractivity contribution in [3.05, 3.63) is 60.5 Å². The number of sulfone groups is 1. The Morgan fingerprint density at radius 3 is 2.67 bits per heavy atom. The third kappa shape index (κ3) is 3.40. The lowest BCUT2D eigenvalue weighted by atomic mass is 10.1. The molecule has 2 heterocycles. The zero-order valence-electron chi connectivity index (χ0n) is 14.9. The molecule has 0 spiro atoms. The maximum Gasteiger partial charge on any atom is 0.208 e. The molecule has 140 valence electrons. The Bertz CT molecular complexity index is 1080. The number of rotatable bonds is 3. The molecule has 1 unspecified atom stereocenters. The van der Waals surface area contributed by atoms with Gasteiger partial charge in [-0.1, -0.05) is 12.1 Å². The number of hydrogen-bond acceptors (Lipinski definition) is 5. The summed E-state index contributed by atoms with van der Waals surface area (Å²) in [7, 11) is -3.75. The van der Waals surface area contributed by atoms with Crippen LogP contribution in [0, 0.1) is 5.82 Å². The first kappa shape index (κ1) is 17.9. The minimum Gasteiger partial charge on any atom is -0.367 e. The van der Waals surface area contributed by atoms with Crippen LogP contribution in [0.3, 0.4) is 0 Å². The normalized spacial score (nSPS) is 18.0. The lowest BCUT2D eigenvalue weighted by Gasteiger charge is -2.34. The molecule has 3 aromatic rings. The highest BCUT2D eigenvalue weighted by Gasteiger charge is 2.21. The predicted octanol–water partition coefficient (Wildman–Crippen LogP) is 3.00. The maximum atomic E-state index is 13.1. The standard InChI is InChI=1S/C20H20FN3O2S/c1-14-13-24(10-9-22-14)19-4-2-3-15-11-18(12-23-20(15)19)27(25,26)17-7-5-16(21)6-8-17/h2-8,11-12,14,22H,9-10,13H2,1H3. The van der Waals surface area contributed by atoms with Crippen LogP contribution in [0.25, 0.3) is 10.9 Å². The first-order valence-electron chi connectivity index (χ1n) is 8.83. The van der Waals surface area contributed by atoms with Crippen LogP contribution in [0.15, 0.2) is 64.5 Å². The molecule has 1 aromatic heterocycles. The Morgan fingerprint density at radius 1 is 1.15 bits per heavy atom. The summed E-state index contributed by atoms with van der Waals surface area (Å²) in [6.45, 7) is 4.78. The van der Waals surface area contributed by atoms with Crippen molar-refractivity contribution in [2.75, 3.05) is 24.5 Å². The van der Waals surface area contributed by atoms with Crippen molar-refractivity contribution in [1.29, 1.82) is 0 Å². The minimum atomic E-state index is -3.75. The molecule has 0 bridgehead atoms. The second kappa shape index (κ2) is 6.90. The van der Waals surface area contributed by atoms with Gasteiger partial charge in [-0.3, -0.25) is 4.98 Å². The van der Waals surface area contributed by atoms with Crippen molar-refractivity contribution in [3.63, 3.8) is 0 Å². The van der Waals surface area contributed by atoms with Gasteiger partial charge in [0.25, 0.3) is 0 Å². The van der Waals surface area contributed by atoms with Gasteiger partial charge in [-0.05, 0) is 43.3 Å². The zero-order valence-corrected chi connectivity index (χ0v) is 15.7. The summed E-state index contributed by atoms with van der Waals surface area (Å²) >= 11 is 0. The van der Waals surface area contributed by atoms with E-state index in [2.05, 4.69) is 22.1 Å². The number of pyridine rings is 1. The van der Waals surface area contributed by atoms with Crippen LogP contribution in [-0.2, 0) is 9.84 Å². The molecule has 0 aliphatic carbocycles. The highest BCUT2D eigenvalue weighted by Crippen LogP contribution is 2.29. The molecular formula is C20H20FN3O2S. The van der Waals surface area contributed by atoms with E-state index < -0.39 is 15.7 Å². The first-order chi connectivity index (χ1) is 12.9. The number of aromatic nitrogens is 1. The third-order valence-electron chi connectivity index (χ3n) is 4.81. The number of halogens is 1. The van der Waals surface area contributed by atoms with Crippen molar-refractivity contribution in [2.24, 2.45) is 0 Å². The number of anilines is 1. The Kier molecular flexibility index (Phi) is 4.57.